The average molecular weight is 168 g/mol. The molecule has 0 radical (unpaired) electrons. The fraction of sp³-hybridized carbons (Fsp3) is 0.600. The molecule has 0 nitrogen and oxygen atoms in total. The largest absolute Gasteiger partial charge is 0.149 e. The maximum Gasteiger partial charge on any atom is 0.00786 e. The molecule has 1 atom stereocenters. The van der Waals surface area contributed by atoms with Crippen LogP contribution in [0.2, 0.25) is 0 Å². The molecule has 0 fully saturated rings. The number of hydrogen-bond donors (Lipinski definition) is 0. The van der Waals surface area contributed by atoms with Gasteiger partial charge < -0.3 is 0 Å². The van der Waals surface area contributed by atoms with E-state index < -0.39 is 0 Å². The molecule has 1 heteroatoms. The predicted molar refractivity (Wildman–Crippen MR) is 52.2 cm³/mol. The van der Waals surface area contributed by atoms with Gasteiger partial charge in [0.1, 0.15) is 0 Å². The molecule has 62 valence electrons. The minimum Gasteiger partial charge on any atom is -0.149 e. The summed E-state index contributed by atoms with van der Waals surface area (Å²) in [5.74, 6) is 0.669. The summed E-state index contributed by atoms with van der Waals surface area (Å²) in [6.07, 6.45) is 0. The van der Waals surface area contributed by atoms with Crippen LogP contribution in [0.5, 0.6) is 0 Å². The van der Waals surface area contributed by atoms with Crippen molar-refractivity contribution in [2.45, 2.75) is 33.6 Å². The van der Waals surface area contributed by atoms with Gasteiger partial charge in [0.2, 0.25) is 0 Å². The van der Waals surface area contributed by atoms with Crippen molar-refractivity contribution in [2.75, 3.05) is 0 Å². The summed E-state index contributed by atoms with van der Waals surface area (Å²) in [5.41, 5.74) is 0.394. The molecule has 0 amide bonds. The Morgan fingerprint density at radius 1 is 1.36 bits per heavy atom. The zero-order valence-electron chi connectivity index (χ0n) is 7.72. The molecular weight excluding hydrogens is 152 g/mol. The monoisotopic (exact) mass is 168 g/mol. The Morgan fingerprint density at radius 3 is 2.36 bits per heavy atom. The molecule has 0 bridgehead atoms. The Labute approximate surface area is 73.3 Å². The molecule has 0 saturated heterocycles. The smallest absolute Gasteiger partial charge is 0.00786 e. The molecule has 0 N–H and O–H groups in total. The van der Waals surface area contributed by atoms with Gasteiger partial charge in [-0.05, 0) is 22.8 Å². The normalized spacial score (nSPS) is 14.9. The molecular formula is C10H16S. The summed E-state index contributed by atoms with van der Waals surface area (Å²) < 4.78 is 0. The second kappa shape index (κ2) is 2.98. The summed E-state index contributed by atoms with van der Waals surface area (Å²) in [4.78, 5) is 1.50. The fourth-order valence-corrected chi connectivity index (χ4v) is 1.99. The van der Waals surface area contributed by atoms with Crippen LogP contribution < -0.4 is 0 Å². The lowest BCUT2D eigenvalue weighted by atomic mass is 9.81. The van der Waals surface area contributed by atoms with Gasteiger partial charge in [-0.3, -0.25) is 0 Å². The molecule has 1 aromatic rings. The van der Waals surface area contributed by atoms with Crippen molar-refractivity contribution in [3.8, 4) is 0 Å². The lowest BCUT2D eigenvalue weighted by Crippen LogP contribution is -2.13. The van der Waals surface area contributed by atoms with Crippen LogP contribution >= 0.6 is 11.3 Å². The minimum absolute atomic E-state index is 0.394. The van der Waals surface area contributed by atoms with Gasteiger partial charge in [0.05, 0.1) is 0 Å². The third-order valence-corrected chi connectivity index (χ3v) is 3.32. The van der Waals surface area contributed by atoms with Gasteiger partial charge in [0.15, 0.2) is 0 Å². The SMILES string of the molecule is CC(c1cccs1)C(C)(C)C. The van der Waals surface area contributed by atoms with Crippen LogP contribution in [0, 0.1) is 5.41 Å². The van der Waals surface area contributed by atoms with Crippen LogP contribution in [0.1, 0.15) is 38.5 Å². The van der Waals surface area contributed by atoms with Gasteiger partial charge >= 0.3 is 0 Å². The molecule has 11 heavy (non-hydrogen) atoms. The summed E-state index contributed by atoms with van der Waals surface area (Å²) in [6.45, 7) is 9.16. The zero-order chi connectivity index (χ0) is 8.48. The van der Waals surface area contributed by atoms with Crippen molar-refractivity contribution in [2.24, 2.45) is 5.41 Å². The molecule has 0 saturated carbocycles. The molecule has 1 aromatic heterocycles. The van der Waals surface area contributed by atoms with Crippen LogP contribution in [0.3, 0.4) is 0 Å². The Bertz CT molecular complexity index is 203. The lowest BCUT2D eigenvalue weighted by Gasteiger charge is -2.26. The molecule has 0 spiro atoms. The van der Waals surface area contributed by atoms with Gasteiger partial charge in [-0.25, -0.2) is 0 Å². The second-order valence-corrected chi connectivity index (χ2v) is 5.08. The molecule has 1 rings (SSSR count). The molecule has 0 aliphatic heterocycles. The predicted octanol–water partition coefficient (Wildman–Crippen LogP) is 3.90. The average Bonchev–Trinajstić information content (AvgIpc) is 2.34. The van der Waals surface area contributed by atoms with E-state index in [9.17, 15) is 0 Å². The molecule has 0 aliphatic rings. The Balaban J connectivity index is 2.78. The van der Waals surface area contributed by atoms with E-state index in [2.05, 4.69) is 45.2 Å². The van der Waals surface area contributed by atoms with E-state index in [-0.39, 0.29) is 0 Å². The van der Waals surface area contributed by atoms with Crippen molar-refractivity contribution >= 4 is 11.3 Å². The Hall–Kier alpha value is -0.300. The molecule has 1 unspecified atom stereocenters. The summed E-state index contributed by atoms with van der Waals surface area (Å²) >= 11 is 1.86. The van der Waals surface area contributed by atoms with Gasteiger partial charge in [-0.2, -0.15) is 0 Å². The van der Waals surface area contributed by atoms with Crippen molar-refractivity contribution in [3.05, 3.63) is 22.4 Å². The van der Waals surface area contributed by atoms with Crippen molar-refractivity contribution < 1.29 is 0 Å². The van der Waals surface area contributed by atoms with Crippen molar-refractivity contribution in [1.29, 1.82) is 0 Å². The number of thiophene rings is 1. The summed E-state index contributed by atoms with van der Waals surface area (Å²) in [5, 5.41) is 2.15. The highest BCUT2D eigenvalue weighted by Gasteiger charge is 2.21. The molecule has 1 heterocycles. The van der Waals surface area contributed by atoms with Crippen LogP contribution in [-0.4, -0.2) is 0 Å². The highest BCUT2D eigenvalue weighted by Crippen LogP contribution is 2.36. The first-order chi connectivity index (χ1) is 5.02. The topological polar surface area (TPSA) is 0 Å². The third-order valence-electron chi connectivity index (χ3n) is 2.27. The van der Waals surface area contributed by atoms with Crippen LogP contribution in [0.4, 0.5) is 0 Å². The van der Waals surface area contributed by atoms with Crippen molar-refractivity contribution in [3.63, 3.8) is 0 Å². The van der Waals surface area contributed by atoms with E-state index in [4.69, 9.17) is 0 Å². The number of hydrogen-bond acceptors (Lipinski definition) is 1. The summed E-state index contributed by atoms with van der Waals surface area (Å²) in [6, 6.07) is 4.35. The van der Waals surface area contributed by atoms with Crippen LogP contribution in [0.15, 0.2) is 17.5 Å². The summed E-state index contributed by atoms with van der Waals surface area (Å²) in [7, 11) is 0. The van der Waals surface area contributed by atoms with Crippen LogP contribution in [0.25, 0.3) is 0 Å². The standard InChI is InChI=1S/C10H16S/c1-8(10(2,3)4)9-6-5-7-11-9/h5-8H,1-4H3. The quantitative estimate of drug-likeness (QED) is 0.596. The van der Waals surface area contributed by atoms with Gasteiger partial charge in [0.25, 0.3) is 0 Å². The first-order valence-electron chi connectivity index (χ1n) is 4.05. The van der Waals surface area contributed by atoms with E-state index >= 15 is 0 Å². The van der Waals surface area contributed by atoms with Crippen LogP contribution in [-0.2, 0) is 0 Å². The lowest BCUT2D eigenvalue weighted by molar-refractivity contribution is 0.343. The molecule has 0 aromatic carbocycles. The Kier molecular flexibility index (Phi) is 2.38. The van der Waals surface area contributed by atoms with Crippen molar-refractivity contribution in [1.82, 2.24) is 0 Å². The van der Waals surface area contributed by atoms with Gasteiger partial charge in [0, 0.05) is 4.88 Å². The maximum absolute atomic E-state index is 2.30. The van der Waals surface area contributed by atoms with Gasteiger partial charge in [-0.15, -0.1) is 11.3 Å². The molecule has 0 aliphatic carbocycles. The van der Waals surface area contributed by atoms with E-state index in [0.29, 0.717) is 11.3 Å². The third kappa shape index (κ3) is 2.06. The van der Waals surface area contributed by atoms with E-state index in [1.54, 1.807) is 0 Å². The minimum atomic E-state index is 0.394. The fourth-order valence-electron chi connectivity index (χ4n) is 0.964. The van der Waals surface area contributed by atoms with E-state index in [1.165, 1.54) is 4.88 Å². The highest BCUT2D eigenvalue weighted by atomic mass is 32.1. The number of rotatable bonds is 1. The first-order valence-corrected chi connectivity index (χ1v) is 4.93. The van der Waals surface area contributed by atoms with Gasteiger partial charge in [-0.1, -0.05) is 33.8 Å². The maximum atomic E-state index is 2.30. The first kappa shape index (κ1) is 8.79. The highest BCUT2D eigenvalue weighted by molar-refractivity contribution is 7.10. The van der Waals surface area contributed by atoms with E-state index in [0.717, 1.165) is 0 Å². The van der Waals surface area contributed by atoms with E-state index in [1.807, 2.05) is 11.3 Å². The second-order valence-electron chi connectivity index (χ2n) is 4.10. The Morgan fingerprint density at radius 2 is 2.00 bits per heavy atom. The zero-order valence-corrected chi connectivity index (χ0v) is 8.53.